The molecule has 1 aromatic carbocycles. The highest BCUT2D eigenvalue weighted by Gasteiger charge is 2.22. The molecule has 1 aliphatic rings. The molecular weight excluding hydrogens is 354 g/mol. The van der Waals surface area contributed by atoms with Crippen molar-refractivity contribution in [1.82, 2.24) is 20.4 Å². The third-order valence-corrected chi connectivity index (χ3v) is 4.97. The molecule has 0 aromatic heterocycles. The number of nitrogens with zero attached hydrogens (tertiary/aromatic N) is 3. The second kappa shape index (κ2) is 10.9. The molecular formula is C21H35N5O2. The summed E-state index contributed by atoms with van der Waals surface area (Å²) in [6.45, 7) is 13.6. The van der Waals surface area contributed by atoms with Gasteiger partial charge in [0, 0.05) is 57.5 Å². The molecule has 0 radical (unpaired) electrons. The molecule has 7 heteroatoms. The van der Waals surface area contributed by atoms with Gasteiger partial charge in [-0.1, -0.05) is 18.2 Å². The quantitative estimate of drug-likeness (QED) is 0.710. The molecule has 156 valence electrons. The minimum absolute atomic E-state index is 0.0212. The van der Waals surface area contributed by atoms with E-state index in [1.807, 2.05) is 30.9 Å². The van der Waals surface area contributed by atoms with Crippen LogP contribution in [-0.4, -0.2) is 80.1 Å². The first-order valence-electron chi connectivity index (χ1n) is 10.3. The third-order valence-electron chi connectivity index (χ3n) is 4.97. The minimum Gasteiger partial charge on any atom is -0.370 e. The van der Waals surface area contributed by atoms with E-state index in [4.69, 9.17) is 0 Å². The van der Waals surface area contributed by atoms with Crippen LogP contribution >= 0.6 is 0 Å². The van der Waals surface area contributed by atoms with Gasteiger partial charge in [0.05, 0.1) is 6.54 Å². The fraction of sp³-hybridized carbons (Fsp3) is 0.619. The first kappa shape index (κ1) is 22.0. The number of nitrogens with one attached hydrogen (secondary N) is 2. The standard InChI is InChI=1S/C21H35N5O2/c1-5-25(19-9-7-6-8-18(19)4)11-10-22-21(28)26-14-12-24(13-15-26)16-20(27)23-17(2)3/h6-9,17H,5,10-16H2,1-4H3,(H,22,28)(H,23,27). The van der Waals surface area contributed by atoms with Crippen LogP contribution in [0.4, 0.5) is 10.5 Å². The average Bonchev–Trinajstić information content (AvgIpc) is 2.66. The maximum Gasteiger partial charge on any atom is 0.317 e. The van der Waals surface area contributed by atoms with E-state index in [0.29, 0.717) is 26.2 Å². The zero-order chi connectivity index (χ0) is 20.5. The summed E-state index contributed by atoms with van der Waals surface area (Å²) in [6, 6.07) is 8.45. The van der Waals surface area contributed by atoms with Crippen molar-refractivity contribution in [2.75, 3.05) is 57.3 Å². The lowest BCUT2D eigenvalue weighted by atomic mass is 10.2. The second-order valence-electron chi connectivity index (χ2n) is 7.58. The van der Waals surface area contributed by atoms with Gasteiger partial charge < -0.3 is 20.4 Å². The Bertz CT molecular complexity index is 641. The SMILES string of the molecule is CCN(CCNC(=O)N1CCN(CC(=O)NC(C)C)CC1)c1ccccc1C. The van der Waals surface area contributed by atoms with Crippen molar-refractivity contribution in [3.05, 3.63) is 29.8 Å². The topological polar surface area (TPSA) is 67.9 Å². The molecule has 28 heavy (non-hydrogen) atoms. The van der Waals surface area contributed by atoms with Gasteiger partial charge in [-0.05, 0) is 39.3 Å². The number of amides is 3. The Labute approximate surface area is 169 Å². The summed E-state index contributed by atoms with van der Waals surface area (Å²) in [4.78, 5) is 30.5. The molecule has 3 amide bonds. The number of rotatable bonds is 8. The summed E-state index contributed by atoms with van der Waals surface area (Å²) < 4.78 is 0. The molecule has 0 spiro atoms. The Morgan fingerprint density at radius 3 is 2.43 bits per heavy atom. The minimum atomic E-state index is -0.0212. The molecule has 2 N–H and O–H groups in total. The molecule has 7 nitrogen and oxygen atoms in total. The number of anilines is 1. The molecule has 1 aliphatic heterocycles. The van der Waals surface area contributed by atoms with Gasteiger partial charge in [0.1, 0.15) is 0 Å². The molecule has 0 saturated carbocycles. The van der Waals surface area contributed by atoms with Gasteiger partial charge in [0.15, 0.2) is 0 Å². The third kappa shape index (κ3) is 6.71. The Morgan fingerprint density at radius 1 is 1.14 bits per heavy atom. The molecule has 1 fully saturated rings. The Balaban J connectivity index is 1.71. The van der Waals surface area contributed by atoms with E-state index in [9.17, 15) is 9.59 Å². The van der Waals surface area contributed by atoms with E-state index < -0.39 is 0 Å². The van der Waals surface area contributed by atoms with Crippen molar-refractivity contribution in [3.63, 3.8) is 0 Å². The van der Waals surface area contributed by atoms with Gasteiger partial charge in [-0.25, -0.2) is 4.79 Å². The van der Waals surface area contributed by atoms with Crippen molar-refractivity contribution < 1.29 is 9.59 Å². The first-order valence-corrected chi connectivity index (χ1v) is 10.3. The van der Waals surface area contributed by atoms with Crippen LogP contribution in [0.1, 0.15) is 26.3 Å². The Morgan fingerprint density at radius 2 is 1.82 bits per heavy atom. The number of aryl methyl sites for hydroxylation is 1. The maximum absolute atomic E-state index is 12.4. The van der Waals surface area contributed by atoms with Gasteiger partial charge in [-0.2, -0.15) is 0 Å². The first-order chi connectivity index (χ1) is 13.4. The van der Waals surface area contributed by atoms with Gasteiger partial charge >= 0.3 is 6.03 Å². The average molecular weight is 390 g/mol. The number of carbonyl (C=O) groups is 2. The lowest BCUT2D eigenvalue weighted by Gasteiger charge is -2.34. The molecule has 1 heterocycles. The van der Waals surface area contributed by atoms with Crippen LogP contribution in [0.5, 0.6) is 0 Å². The summed E-state index contributed by atoms with van der Waals surface area (Å²) in [7, 11) is 0. The molecule has 0 aliphatic carbocycles. The normalized spacial score (nSPS) is 14.8. The number of carbonyl (C=O) groups excluding carboxylic acids is 2. The smallest absolute Gasteiger partial charge is 0.317 e. The Hall–Kier alpha value is -2.28. The molecule has 0 unspecified atom stereocenters. The summed E-state index contributed by atoms with van der Waals surface area (Å²) in [6.07, 6.45) is 0. The highest BCUT2D eigenvalue weighted by atomic mass is 16.2. The maximum atomic E-state index is 12.4. The number of likely N-dealkylation sites (N-methyl/N-ethyl adjacent to an activating group) is 1. The number of hydrogen-bond acceptors (Lipinski definition) is 4. The second-order valence-corrected chi connectivity index (χ2v) is 7.58. The summed E-state index contributed by atoms with van der Waals surface area (Å²) in [5.74, 6) is 0.0452. The summed E-state index contributed by atoms with van der Waals surface area (Å²) in [5.41, 5.74) is 2.46. The summed E-state index contributed by atoms with van der Waals surface area (Å²) in [5, 5.41) is 5.94. The van der Waals surface area contributed by atoms with Crippen LogP contribution in [-0.2, 0) is 4.79 Å². The van der Waals surface area contributed by atoms with E-state index in [1.165, 1.54) is 11.3 Å². The Kier molecular flexibility index (Phi) is 8.57. The van der Waals surface area contributed by atoms with Gasteiger partial charge in [-0.15, -0.1) is 0 Å². The molecule has 0 bridgehead atoms. The number of piperazine rings is 1. The van der Waals surface area contributed by atoms with Crippen LogP contribution in [0, 0.1) is 6.92 Å². The highest BCUT2D eigenvalue weighted by Crippen LogP contribution is 2.18. The van der Waals surface area contributed by atoms with Gasteiger partial charge in [-0.3, -0.25) is 9.69 Å². The van der Waals surface area contributed by atoms with Crippen molar-refractivity contribution in [2.45, 2.75) is 33.7 Å². The molecule has 2 rings (SSSR count). The zero-order valence-electron chi connectivity index (χ0n) is 17.7. The van der Waals surface area contributed by atoms with Gasteiger partial charge in [0.25, 0.3) is 0 Å². The van der Waals surface area contributed by atoms with Crippen LogP contribution in [0.2, 0.25) is 0 Å². The van der Waals surface area contributed by atoms with E-state index in [2.05, 4.69) is 46.4 Å². The van der Waals surface area contributed by atoms with Crippen molar-refractivity contribution in [2.24, 2.45) is 0 Å². The number of benzene rings is 1. The van der Waals surface area contributed by atoms with Crippen molar-refractivity contribution in [1.29, 1.82) is 0 Å². The van der Waals surface area contributed by atoms with Crippen LogP contribution in [0.15, 0.2) is 24.3 Å². The number of hydrogen-bond donors (Lipinski definition) is 2. The van der Waals surface area contributed by atoms with Crippen LogP contribution < -0.4 is 15.5 Å². The van der Waals surface area contributed by atoms with E-state index >= 15 is 0 Å². The highest BCUT2D eigenvalue weighted by molar-refractivity contribution is 5.78. The number of para-hydroxylation sites is 1. The van der Waals surface area contributed by atoms with Crippen LogP contribution in [0.3, 0.4) is 0 Å². The van der Waals surface area contributed by atoms with Crippen LogP contribution in [0.25, 0.3) is 0 Å². The largest absolute Gasteiger partial charge is 0.370 e. The van der Waals surface area contributed by atoms with E-state index in [-0.39, 0.29) is 18.0 Å². The van der Waals surface area contributed by atoms with E-state index in [1.54, 1.807) is 0 Å². The predicted octanol–water partition coefficient (Wildman–Crippen LogP) is 1.67. The fourth-order valence-corrected chi connectivity index (χ4v) is 3.46. The lowest BCUT2D eigenvalue weighted by molar-refractivity contribution is -0.123. The monoisotopic (exact) mass is 389 g/mol. The molecule has 1 aromatic rings. The fourth-order valence-electron chi connectivity index (χ4n) is 3.46. The van der Waals surface area contributed by atoms with Gasteiger partial charge in [0.2, 0.25) is 5.91 Å². The van der Waals surface area contributed by atoms with E-state index in [0.717, 1.165) is 26.2 Å². The van der Waals surface area contributed by atoms with Crippen molar-refractivity contribution >= 4 is 17.6 Å². The molecule has 1 saturated heterocycles. The number of urea groups is 1. The molecule has 0 atom stereocenters. The zero-order valence-corrected chi connectivity index (χ0v) is 17.7. The lowest BCUT2D eigenvalue weighted by Crippen LogP contribution is -2.54. The predicted molar refractivity (Wildman–Crippen MR) is 114 cm³/mol. The summed E-state index contributed by atoms with van der Waals surface area (Å²) >= 11 is 0. The van der Waals surface area contributed by atoms with Crippen molar-refractivity contribution in [3.8, 4) is 0 Å².